The van der Waals surface area contributed by atoms with Crippen LogP contribution in [0.15, 0.2) is 18.5 Å². The molecule has 0 aliphatic rings. The molecule has 2 heterocycles. The molecule has 2 aromatic heterocycles. The fraction of sp³-hybridized carbons (Fsp3) is 0.357. The zero-order valence-corrected chi connectivity index (χ0v) is 11.8. The van der Waals surface area contributed by atoms with Crippen LogP contribution in [-0.4, -0.2) is 31.2 Å². The van der Waals surface area contributed by atoms with Gasteiger partial charge >= 0.3 is 5.97 Å². The first kappa shape index (κ1) is 14.0. The number of aromatic nitrogens is 3. The largest absolute Gasteiger partial charge is 0.477 e. The Morgan fingerprint density at radius 3 is 2.60 bits per heavy atom. The molecule has 2 aromatic rings. The molecule has 0 bridgehead atoms. The number of Topliss-reactive ketones (excluding diaryl/α,β-unsaturated/α-hetero) is 1. The van der Waals surface area contributed by atoms with Crippen LogP contribution in [0, 0.1) is 0 Å². The molecule has 0 radical (unpaired) electrons. The highest BCUT2D eigenvalue weighted by molar-refractivity contribution is 5.97. The van der Waals surface area contributed by atoms with Crippen LogP contribution >= 0.6 is 0 Å². The molecule has 0 fully saturated rings. The summed E-state index contributed by atoms with van der Waals surface area (Å²) in [5.74, 6) is -1.19. The topological polar surface area (TPSA) is 77.1 Å². The molecule has 0 aliphatic carbocycles. The van der Waals surface area contributed by atoms with E-state index in [9.17, 15) is 14.7 Å². The van der Waals surface area contributed by atoms with Crippen molar-refractivity contribution in [3.05, 3.63) is 41.0 Å². The van der Waals surface area contributed by atoms with Gasteiger partial charge in [-0.05, 0) is 19.4 Å². The van der Waals surface area contributed by atoms with Gasteiger partial charge in [0.05, 0.1) is 12.2 Å². The van der Waals surface area contributed by atoms with Crippen molar-refractivity contribution in [3.63, 3.8) is 0 Å². The Kier molecular flexibility index (Phi) is 3.74. The molecular formula is C14H17N3O3. The van der Waals surface area contributed by atoms with Crippen LogP contribution in [0.4, 0.5) is 0 Å². The van der Waals surface area contributed by atoms with Crippen molar-refractivity contribution in [1.82, 2.24) is 14.3 Å². The summed E-state index contributed by atoms with van der Waals surface area (Å²) in [4.78, 5) is 22.6. The normalized spacial score (nSPS) is 10.8. The summed E-state index contributed by atoms with van der Waals surface area (Å²) < 4.78 is 3.29. The smallest absolute Gasteiger partial charge is 0.352 e. The van der Waals surface area contributed by atoms with Crippen molar-refractivity contribution < 1.29 is 14.7 Å². The lowest BCUT2D eigenvalue weighted by Gasteiger charge is -2.05. The van der Waals surface area contributed by atoms with E-state index in [1.54, 1.807) is 15.4 Å². The highest BCUT2D eigenvalue weighted by Crippen LogP contribution is 2.15. The van der Waals surface area contributed by atoms with Gasteiger partial charge in [-0.2, -0.15) is 5.10 Å². The number of carboxylic acid groups (broad SMARTS) is 1. The second-order valence-electron chi connectivity index (χ2n) is 4.73. The van der Waals surface area contributed by atoms with Gasteiger partial charge in [0.15, 0.2) is 5.78 Å². The Labute approximate surface area is 116 Å². The predicted molar refractivity (Wildman–Crippen MR) is 73.1 cm³/mol. The van der Waals surface area contributed by atoms with E-state index in [0.717, 1.165) is 17.7 Å². The first-order valence-corrected chi connectivity index (χ1v) is 6.38. The standard InChI is InChI=1S/C14H17N3O3/c1-4-12-11(6-16(3)15-12)8-17-7-10(9(2)18)5-13(17)14(19)20/h5-7H,4,8H2,1-3H3,(H,19,20). The molecule has 1 N–H and O–H groups in total. The van der Waals surface area contributed by atoms with Crippen molar-refractivity contribution in [2.75, 3.05) is 0 Å². The number of carbonyl (C=O) groups excluding carboxylic acids is 1. The quantitative estimate of drug-likeness (QED) is 0.843. The number of hydrogen-bond donors (Lipinski definition) is 1. The van der Waals surface area contributed by atoms with E-state index < -0.39 is 5.97 Å². The molecule has 0 saturated carbocycles. The fourth-order valence-electron chi connectivity index (χ4n) is 2.21. The molecule has 0 atom stereocenters. The molecule has 0 aliphatic heterocycles. The van der Waals surface area contributed by atoms with Crippen molar-refractivity contribution in [1.29, 1.82) is 0 Å². The number of rotatable bonds is 5. The van der Waals surface area contributed by atoms with Crippen LogP contribution in [0.3, 0.4) is 0 Å². The van der Waals surface area contributed by atoms with E-state index in [-0.39, 0.29) is 11.5 Å². The van der Waals surface area contributed by atoms with Gasteiger partial charge in [-0.15, -0.1) is 0 Å². The van der Waals surface area contributed by atoms with Crippen molar-refractivity contribution in [3.8, 4) is 0 Å². The van der Waals surface area contributed by atoms with E-state index in [1.165, 1.54) is 13.0 Å². The van der Waals surface area contributed by atoms with Gasteiger partial charge in [0, 0.05) is 30.6 Å². The van der Waals surface area contributed by atoms with Gasteiger partial charge in [0.25, 0.3) is 0 Å². The van der Waals surface area contributed by atoms with E-state index in [1.807, 2.05) is 20.2 Å². The summed E-state index contributed by atoms with van der Waals surface area (Å²) in [5.41, 5.74) is 2.41. The molecule has 106 valence electrons. The number of carboxylic acids is 1. The number of aryl methyl sites for hydroxylation is 2. The van der Waals surface area contributed by atoms with Gasteiger partial charge in [-0.3, -0.25) is 9.48 Å². The molecule has 0 saturated heterocycles. The molecule has 0 amide bonds. The minimum Gasteiger partial charge on any atom is -0.477 e. The van der Waals surface area contributed by atoms with E-state index >= 15 is 0 Å². The van der Waals surface area contributed by atoms with Crippen LogP contribution in [0.2, 0.25) is 0 Å². The van der Waals surface area contributed by atoms with E-state index in [4.69, 9.17) is 0 Å². The highest BCUT2D eigenvalue weighted by atomic mass is 16.4. The second kappa shape index (κ2) is 5.32. The summed E-state index contributed by atoms with van der Waals surface area (Å²) in [6.45, 7) is 3.82. The summed E-state index contributed by atoms with van der Waals surface area (Å²) in [6.07, 6.45) is 4.23. The number of aromatic carboxylic acids is 1. The number of carbonyl (C=O) groups is 2. The third kappa shape index (κ3) is 2.64. The molecular weight excluding hydrogens is 258 g/mol. The molecule has 0 aromatic carbocycles. The molecule has 0 spiro atoms. The number of nitrogens with zero attached hydrogens (tertiary/aromatic N) is 3. The minimum absolute atomic E-state index is 0.112. The Bertz CT molecular complexity index is 667. The van der Waals surface area contributed by atoms with Crippen LogP contribution < -0.4 is 0 Å². The fourth-order valence-corrected chi connectivity index (χ4v) is 2.21. The summed E-state index contributed by atoms with van der Waals surface area (Å²) in [5, 5.41) is 13.5. The van der Waals surface area contributed by atoms with E-state index in [0.29, 0.717) is 12.1 Å². The maximum atomic E-state index is 11.4. The summed E-state index contributed by atoms with van der Waals surface area (Å²) >= 11 is 0. The van der Waals surface area contributed by atoms with Crippen molar-refractivity contribution in [2.45, 2.75) is 26.8 Å². The maximum Gasteiger partial charge on any atom is 0.352 e. The summed E-state index contributed by atoms with van der Waals surface area (Å²) in [7, 11) is 1.83. The molecule has 2 rings (SSSR count). The van der Waals surface area contributed by atoms with E-state index in [2.05, 4.69) is 5.10 Å². The number of ketones is 1. The van der Waals surface area contributed by atoms with Gasteiger partial charge in [-0.1, -0.05) is 6.92 Å². The van der Waals surface area contributed by atoms with Gasteiger partial charge < -0.3 is 9.67 Å². The maximum absolute atomic E-state index is 11.4. The van der Waals surface area contributed by atoms with Gasteiger partial charge in [0.2, 0.25) is 0 Å². The summed E-state index contributed by atoms with van der Waals surface area (Å²) in [6, 6.07) is 1.41. The van der Waals surface area contributed by atoms with Gasteiger partial charge in [0.1, 0.15) is 5.69 Å². The number of hydrogen-bond acceptors (Lipinski definition) is 3. The second-order valence-corrected chi connectivity index (χ2v) is 4.73. The predicted octanol–water partition coefficient (Wildman–Crippen LogP) is 1.73. The molecule has 0 unspecified atom stereocenters. The Balaban J connectivity index is 2.41. The molecule has 6 heteroatoms. The monoisotopic (exact) mass is 275 g/mol. The Morgan fingerprint density at radius 2 is 2.05 bits per heavy atom. The van der Waals surface area contributed by atoms with Crippen LogP contribution in [0.1, 0.15) is 46.0 Å². The zero-order valence-electron chi connectivity index (χ0n) is 11.8. The lowest BCUT2D eigenvalue weighted by molar-refractivity contribution is 0.0685. The first-order chi connectivity index (χ1) is 9.42. The molecule has 20 heavy (non-hydrogen) atoms. The lowest BCUT2D eigenvalue weighted by Crippen LogP contribution is -2.09. The average molecular weight is 275 g/mol. The SMILES string of the molecule is CCc1nn(C)cc1Cn1cc(C(C)=O)cc1C(=O)O. The van der Waals surface area contributed by atoms with Crippen LogP contribution in [-0.2, 0) is 20.0 Å². The Morgan fingerprint density at radius 1 is 1.35 bits per heavy atom. The van der Waals surface area contributed by atoms with Crippen LogP contribution in [0.25, 0.3) is 0 Å². The third-order valence-electron chi connectivity index (χ3n) is 3.19. The van der Waals surface area contributed by atoms with Crippen molar-refractivity contribution in [2.24, 2.45) is 7.05 Å². The minimum atomic E-state index is -1.04. The lowest BCUT2D eigenvalue weighted by atomic mass is 10.2. The highest BCUT2D eigenvalue weighted by Gasteiger charge is 2.16. The van der Waals surface area contributed by atoms with Crippen molar-refractivity contribution >= 4 is 11.8 Å². The molecule has 6 nitrogen and oxygen atoms in total. The zero-order chi connectivity index (χ0) is 14.9. The first-order valence-electron chi connectivity index (χ1n) is 6.38. The third-order valence-corrected chi connectivity index (χ3v) is 3.19. The van der Waals surface area contributed by atoms with Crippen LogP contribution in [0.5, 0.6) is 0 Å². The average Bonchev–Trinajstić information content (AvgIpc) is 2.93. The van der Waals surface area contributed by atoms with Gasteiger partial charge in [-0.25, -0.2) is 4.79 Å². The Hall–Kier alpha value is -2.37.